The molecule has 3 heteroatoms. The maximum atomic E-state index is 2.67. The number of aromatic nitrogens is 1. The van der Waals surface area contributed by atoms with Crippen molar-refractivity contribution in [2.24, 2.45) is 0 Å². The fourth-order valence-electron chi connectivity index (χ4n) is 15.9. The van der Waals surface area contributed by atoms with Crippen LogP contribution in [-0.4, -0.2) is 4.57 Å². The molecular formula is C93H79N3. The van der Waals surface area contributed by atoms with Gasteiger partial charge in [0.1, 0.15) is 0 Å². The van der Waals surface area contributed by atoms with Gasteiger partial charge in [0.05, 0.1) is 33.8 Å². The summed E-state index contributed by atoms with van der Waals surface area (Å²) in [6.45, 7) is 21.2. The van der Waals surface area contributed by atoms with Gasteiger partial charge in [-0.15, -0.1) is 0 Å². The summed E-state index contributed by atoms with van der Waals surface area (Å²) in [4.78, 5) is 5.33. The second-order valence-electron chi connectivity index (χ2n) is 30.2. The van der Waals surface area contributed by atoms with Crippen LogP contribution in [0.2, 0.25) is 0 Å². The van der Waals surface area contributed by atoms with E-state index >= 15 is 0 Å². The number of anilines is 6. The van der Waals surface area contributed by atoms with Crippen molar-refractivity contribution in [3.63, 3.8) is 0 Å². The Balaban J connectivity index is 0.997. The molecule has 2 aliphatic heterocycles. The number of benzene rings is 13. The molecule has 0 N–H and O–H groups in total. The van der Waals surface area contributed by atoms with E-state index in [-0.39, 0.29) is 28.1 Å². The Hall–Kier alpha value is -10.7. The van der Waals surface area contributed by atoms with E-state index in [9.17, 15) is 0 Å². The average molecular weight is 1240 g/mol. The van der Waals surface area contributed by atoms with Gasteiger partial charge < -0.3 is 14.4 Å². The second kappa shape index (κ2) is 22.5. The van der Waals surface area contributed by atoms with Gasteiger partial charge in [0, 0.05) is 45.2 Å². The molecule has 0 amide bonds. The van der Waals surface area contributed by atoms with Gasteiger partial charge in [-0.05, 0) is 214 Å². The van der Waals surface area contributed by atoms with Gasteiger partial charge in [-0.3, -0.25) is 0 Å². The molecule has 3 nitrogen and oxygen atoms in total. The molecule has 13 aromatic carbocycles. The van der Waals surface area contributed by atoms with Gasteiger partial charge in [0.25, 0.3) is 0 Å². The molecule has 3 aliphatic rings. The second-order valence-corrected chi connectivity index (χ2v) is 30.2. The van der Waals surface area contributed by atoms with Crippen molar-refractivity contribution in [3.05, 3.63) is 352 Å². The van der Waals surface area contributed by atoms with E-state index in [1.54, 1.807) is 0 Å². The molecule has 1 atom stereocenters. The highest BCUT2D eigenvalue weighted by molar-refractivity contribution is 6.10. The lowest BCUT2D eigenvalue weighted by molar-refractivity contribution is 0.589. The minimum atomic E-state index is -0.263. The van der Waals surface area contributed by atoms with Gasteiger partial charge >= 0.3 is 0 Å². The third-order valence-electron chi connectivity index (χ3n) is 20.9. The highest BCUT2D eigenvalue weighted by atomic mass is 15.2. The Morgan fingerprint density at radius 2 is 0.656 bits per heavy atom. The molecule has 0 spiro atoms. The van der Waals surface area contributed by atoms with Crippen LogP contribution in [0.25, 0.3) is 72.0 Å². The highest BCUT2D eigenvalue weighted by Crippen LogP contribution is 2.63. The number of nitrogens with zero attached hydrogens (tertiary/aromatic N) is 3. The monoisotopic (exact) mass is 1240 g/mol. The fourth-order valence-corrected chi connectivity index (χ4v) is 15.9. The fraction of sp³-hybridized carbons (Fsp3) is 0.161. The maximum absolute atomic E-state index is 2.67. The van der Waals surface area contributed by atoms with E-state index in [0.29, 0.717) is 0 Å². The largest absolute Gasteiger partial charge is 0.310 e. The number of fused-ring (bicyclic) bond motifs is 9. The van der Waals surface area contributed by atoms with Gasteiger partial charge in [-0.2, -0.15) is 0 Å². The zero-order valence-corrected chi connectivity index (χ0v) is 56.4. The van der Waals surface area contributed by atoms with Crippen molar-refractivity contribution in [2.75, 3.05) is 9.80 Å². The highest BCUT2D eigenvalue weighted by Gasteiger charge is 2.43. The standard InChI is InChI=1S/C93H79N3/c1-91(2,3)70-39-44-82-80(54-70)81-55-71(92(4,5)6)40-45-83(81)94(82)73-41-43-79-85(58-73)96(75-51-68(61-30-18-12-19-31-61)48-69(52-75)62-32-20-13-21-33-62)87-57-72(93(7,8)9)56-86-90(87)89(79)78-42-38-65(88-76-36-24-22-34-63(76)46-64-35-23-25-37-77(64)88)53-84(78)95(86)74-49-66(59-26-14-10-15-27-59)47-67(50-74)60-28-16-11-17-29-60/h10-45,47-58,88-89H,46H2,1-9H3. The Morgan fingerprint density at radius 1 is 0.271 bits per heavy atom. The predicted molar refractivity (Wildman–Crippen MR) is 406 cm³/mol. The molecule has 1 aromatic heterocycles. The maximum Gasteiger partial charge on any atom is 0.0541 e. The van der Waals surface area contributed by atoms with Gasteiger partial charge in [-0.25, -0.2) is 0 Å². The molecule has 96 heavy (non-hydrogen) atoms. The van der Waals surface area contributed by atoms with Gasteiger partial charge in [-0.1, -0.05) is 263 Å². The number of hydrogen-bond acceptors (Lipinski definition) is 2. The van der Waals surface area contributed by atoms with Crippen molar-refractivity contribution in [3.8, 4) is 50.2 Å². The smallest absolute Gasteiger partial charge is 0.0541 e. The minimum Gasteiger partial charge on any atom is -0.310 e. The Labute approximate surface area is 566 Å². The zero-order valence-electron chi connectivity index (χ0n) is 56.4. The third-order valence-corrected chi connectivity index (χ3v) is 20.9. The summed E-state index contributed by atoms with van der Waals surface area (Å²) in [6, 6.07) is 111. The van der Waals surface area contributed by atoms with Gasteiger partial charge in [0.2, 0.25) is 0 Å². The van der Waals surface area contributed by atoms with Crippen LogP contribution in [0.3, 0.4) is 0 Å². The van der Waals surface area contributed by atoms with Crippen LogP contribution in [0, 0.1) is 0 Å². The van der Waals surface area contributed by atoms with E-state index in [1.807, 2.05) is 0 Å². The van der Waals surface area contributed by atoms with Crippen LogP contribution >= 0.6 is 0 Å². The van der Waals surface area contributed by atoms with Crippen molar-refractivity contribution in [1.29, 1.82) is 0 Å². The Kier molecular flexibility index (Phi) is 13.8. The summed E-state index contributed by atoms with van der Waals surface area (Å²) in [5.41, 5.74) is 34.1. The number of rotatable bonds is 8. The first kappa shape index (κ1) is 59.0. The van der Waals surface area contributed by atoms with Crippen molar-refractivity contribution < 1.29 is 0 Å². The Bertz CT molecular complexity index is 5150. The summed E-state index contributed by atoms with van der Waals surface area (Å²) in [6.07, 6.45) is 0.920. The Morgan fingerprint density at radius 3 is 1.07 bits per heavy atom. The molecule has 466 valence electrons. The molecule has 3 heterocycles. The number of hydrogen-bond donors (Lipinski definition) is 0. The summed E-state index contributed by atoms with van der Waals surface area (Å²) < 4.78 is 2.55. The quantitative estimate of drug-likeness (QED) is 0.150. The normalized spacial score (nSPS) is 14.3. The van der Waals surface area contributed by atoms with Crippen LogP contribution < -0.4 is 9.80 Å². The van der Waals surface area contributed by atoms with E-state index in [1.165, 1.54) is 133 Å². The van der Waals surface area contributed by atoms with E-state index in [2.05, 4.69) is 368 Å². The first-order valence-corrected chi connectivity index (χ1v) is 34.3. The van der Waals surface area contributed by atoms with Crippen LogP contribution in [0.1, 0.15) is 135 Å². The molecule has 0 saturated carbocycles. The molecule has 0 bridgehead atoms. The molecule has 0 saturated heterocycles. The van der Waals surface area contributed by atoms with E-state index < -0.39 is 0 Å². The van der Waals surface area contributed by atoms with Crippen LogP contribution in [-0.2, 0) is 22.7 Å². The summed E-state index contributed by atoms with van der Waals surface area (Å²) >= 11 is 0. The van der Waals surface area contributed by atoms with E-state index in [4.69, 9.17) is 0 Å². The molecular weight excluding hydrogens is 1160 g/mol. The minimum absolute atomic E-state index is 0.0317. The molecule has 1 unspecified atom stereocenters. The molecule has 0 radical (unpaired) electrons. The SMILES string of the molecule is CC(C)(C)c1cc2c3c(c1)N(c1cc(-c4ccccc4)cc(-c4ccccc4)c1)c1cc(-n4c5ccc(C(C)(C)C)cc5c5cc(C(C)(C)C)ccc54)ccc1C3c1ccc(C3c4ccccc4Cc4ccccc43)cc1N2c1cc(-c2ccccc2)cc(-c2ccccc2)c1. The topological polar surface area (TPSA) is 11.4 Å². The molecule has 14 aromatic rings. The van der Waals surface area contributed by atoms with Gasteiger partial charge in [0.15, 0.2) is 0 Å². The summed E-state index contributed by atoms with van der Waals surface area (Å²) in [5, 5.41) is 2.55. The first-order valence-electron chi connectivity index (χ1n) is 34.3. The molecule has 17 rings (SSSR count). The average Bonchev–Trinajstić information content (AvgIpc) is 0.723. The third kappa shape index (κ3) is 10.0. The molecule has 1 aliphatic carbocycles. The van der Waals surface area contributed by atoms with Crippen molar-refractivity contribution in [2.45, 2.75) is 96.8 Å². The first-order chi connectivity index (χ1) is 46.5. The summed E-state index contributed by atoms with van der Waals surface area (Å²) in [7, 11) is 0. The molecule has 0 fully saturated rings. The van der Waals surface area contributed by atoms with E-state index in [0.717, 1.165) is 40.3 Å². The van der Waals surface area contributed by atoms with Crippen LogP contribution in [0.5, 0.6) is 0 Å². The lowest BCUT2D eigenvalue weighted by Gasteiger charge is -2.46. The lowest BCUT2D eigenvalue weighted by Crippen LogP contribution is -2.30. The van der Waals surface area contributed by atoms with Crippen LogP contribution in [0.4, 0.5) is 34.1 Å². The van der Waals surface area contributed by atoms with Crippen LogP contribution in [0.15, 0.2) is 291 Å². The lowest BCUT2D eigenvalue weighted by atomic mass is 9.71. The zero-order chi connectivity index (χ0) is 65.4. The van der Waals surface area contributed by atoms with Crippen molar-refractivity contribution in [1.82, 2.24) is 4.57 Å². The van der Waals surface area contributed by atoms with Crippen molar-refractivity contribution >= 4 is 55.9 Å². The summed E-state index contributed by atoms with van der Waals surface area (Å²) in [5.74, 6) is -0.126. The predicted octanol–water partition coefficient (Wildman–Crippen LogP) is 25.2.